The molecule has 0 heterocycles. The third-order valence-corrected chi connectivity index (χ3v) is 3.29. The van der Waals surface area contributed by atoms with Crippen LogP contribution in [0.4, 0.5) is 4.39 Å². The third kappa shape index (κ3) is 2.51. The zero-order chi connectivity index (χ0) is 13.3. The van der Waals surface area contributed by atoms with Crippen LogP contribution in [-0.4, -0.2) is 5.78 Å². The van der Waals surface area contributed by atoms with Crippen molar-refractivity contribution in [2.24, 2.45) is 0 Å². The molecule has 2 rings (SSSR count). The van der Waals surface area contributed by atoms with E-state index in [1.807, 2.05) is 0 Å². The van der Waals surface area contributed by atoms with Gasteiger partial charge in [0.1, 0.15) is 5.82 Å². The molecule has 0 amide bonds. The lowest BCUT2D eigenvalue weighted by Crippen LogP contribution is -2.03. The summed E-state index contributed by atoms with van der Waals surface area (Å²) in [7, 11) is 0. The summed E-state index contributed by atoms with van der Waals surface area (Å²) in [6.45, 7) is 0. The van der Waals surface area contributed by atoms with Gasteiger partial charge in [0.2, 0.25) is 0 Å². The zero-order valence-corrected chi connectivity index (χ0v) is 11.2. The number of hydrogen-bond acceptors (Lipinski definition) is 1. The maximum atomic E-state index is 13.0. The maximum absolute atomic E-state index is 13.0. The van der Waals surface area contributed by atoms with Crippen LogP contribution in [0.15, 0.2) is 36.4 Å². The molecule has 2 aromatic carbocycles. The Morgan fingerprint density at radius 2 is 1.56 bits per heavy atom. The Balaban J connectivity index is 2.51. The lowest BCUT2D eigenvalue weighted by atomic mass is 10.0. The van der Waals surface area contributed by atoms with Crippen LogP contribution in [0.3, 0.4) is 0 Å². The van der Waals surface area contributed by atoms with Crippen molar-refractivity contribution < 1.29 is 9.18 Å². The van der Waals surface area contributed by atoms with Gasteiger partial charge in [-0.2, -0.15) is 0 Å². The Kier molecular flexibility index (Phi) is 3.91. The van der Waals surface area contributed by atoms with Gasteiger partial charge >= 0.3 is 0 Å². The molecule has 18 heavy (non-hydrogen) atoms. The topological polar surface area (TPSA) is 17.1 Å². The third-order valence-electron chi connectivity index (χ3n) is 2.37. The Morgan fingerprint density at radius 3 is 2.11 bits per heavy atom. The molecule has 0 aromatic heterocycles. The van der Waals surface area contributed by atoms with Crippen LogP contribution < -0.4 is 0 Å². The molecule has 1 nitrogen and oxygen atoms in total. The van der Waals surface area contributed by atoms with Gasteiger partial charge in [-0.05, 0) is 30.3 Å². The normalized spacial score (nSPS) is 10.4. The molecule has 0 aliphatic heterocycles. The summed E-state index contributed by atoms with van der Waals surface area (Å²) in [4.78, 5) is 12.2. The highest BCUT2D eigenvalue weighted by Gasteiger charge is 2.17. The molecular weight excluding hydrogens is 297 g/mol. The van der Waals surface area contributed by atoms with Crippen molar-refractivity contribution in [2.45, 2.75) is 0 Å². The highest BCUT2D eigenvalue weighted by molar-refractivity contribution is 6.41. The predicted molar refractivity (Wildman–Crippen MR) is 71.3 cm³/mol. The van der Waals surface area contributed by atoms with E-state index in [0.717, 1.165) is 6.07 Å². The van der Waals surface area contributed by atoms with Gasteiger partial charge < -0.3 is 0 Å². The number of halogens is 4. The van der Waals surface area contributed by atoms with Crippen molar-refractivity contribution >= 4 is 40.6 Å². The second-order valence-electron chi connectivity index (χ2n) is 3.55. The van der Waals surface area contributed by atoms with E-state index in [-0.39, 0.29) is 26.2 Å². The number of benzene rings is 2. The summed E-state index contributed by atoms with van der Waals surface area (Å²) >= 11 is 17.5. The van der Waals surface area contributed by atoms with Crippen molar-refractivity contribution in [3.63, 3.8) is 0 Å². The van der Waals surface area contributed by atoms with Crippen molar-refractivity contribution in [1.29, 1.82) is 0 Å². The van der Waals surface area contributed by atoms with E-state index in [1.54, 1.807) is 18.2 Å². The molecule has 0 atom stereocenters. The first-order valence-corrected chi connectivity index (χ1v) is 6.08. The molecule has 92 valence electrons. The number of ketones is 1. The van der Waals surface area contributed by atoms with Gasteiger partial charge in [0, 0.05) is 5.56 Å². The van der Waals surface area contributed by atoms with Gasteiger partial charge in [-0.15, -0.1) is 0 Å². The lowest BCUT2D eigenvalue weighted by Gasteiger charge is -2.06. The van der Waals surface area contributed by atoms with Gasteiger partial charge in [-0.3, -0.25) is 4.79 Å². The molecule has 0 unspecified atom stereocenters. The van der Waals surface area contributed by atoms with Gasteiger partial charge in [-0.25, -0.2) is 4.39 Å². The summed E-state index contributed by atoms with van der Waals surface area (Å²) in [6, 6.07) is 8.47. The number of carbonyl (C=O) groups is 1. The molecule has 0 radical (unpaired) electrons. The fraction of sp³-hybridized carbons (Fsp3) is 0. The second kappa shape index (κ2) is 5.27. The Labute approximate surface area is 118 Å². The highest BCUT2D eigenvalue weighted by atomic mass is 35.5. The second-order valence-corrected chi connectivity index (χ2v) is 4.78. The smallest absolute Gasteiger partial charge is 0.196 e. The van der Waals surface area contributed by atoms with Gasteiger partial charge in [0.05, 0.1) is 20.6 Å². The fourth-order valence-electron chi connectivity index (χ4n) is 1.50. The molecule has 0 aliphatic rings. The number of rotatable bonds is 2. The Bertz CT molecular complexity index is 605. The Hall–Kier alpha value is -1.09. The van der Waals surface area contributed by atoms with E-state index < -0.39 is 11.6 Å². The average Bonchev–Trinajstić information content (AvgIpc) is 2.32. The van der Waals surface area contributed by atoms with E-state index in [0.29, 0.717) is 0 Å². The molecule has 5 heteroatoms. The summed E-state index contributed by atoms with van der Waals surface area (Å²) in [5.41, 5.74) is 0.417. The van der Waals surface area contributed by atoms with E-state index in [1.165, 1.54) is 12.1 Å². The van der Waals surface area contributed by atoms with Gasteiger partial charge in [0.15, 0.2) is 5.78 Å². The molecule has 0 aliphatic carbocycles. The minimum Gasteiger partial charge on any atom is -0.288 e. The average molecular weight is 304 g/mol. The van der Waals surface area contributed by atoms with Crippen LogP contribution >= 0.6 is 34.8 Å². The van der Waals surface area contributed by atoms with Crippen molar-refractivity contribution in [3.05, 3.63) is 68.4 Å². The maximum Gasteiger partial charge on any atom is 0.196 e. The number of carbonyl (C=O) groups excluding carboxylic acids is 1. The molecule has 2 aromatic rings. The molecule has 0 fully saturated rings. The minimum atomic E-state index is -0.585. The number of hydrogen-bond donors (Lipinski definition) is 0. The summed E-state index contributed by atoms with van der Waals surface area (Å²) in [5, 5.41) is 0.366. The van der Waals surface area contributed by atoms with E-state index in [9.17, 15) is 9.18 Å². The molecule has 0 N–H and O–H groups in total. The monoisotopic (exact) mass is 302 g/mol. The lowest BCUT2D eigenvalue weighted by molar-refractivity contribution is 0.103. The first-order chi connectivity index (χ1) is 8.50. The standard InChI is InChI=1S/C13H6Cl3FO/c14-8-2-1-3-9(15)12(8)13(18)7-4-5-11(17)10(16)6-7/h1-6H. The van der Waals surface area contributed by atoms with Crippen LogP contribution in [0.5, 0.6) is 0 Å². The van der Waals surface area contributed by atoms with Crippen LogP contribution in [0.1, 0.15) is 15.9 Å². The van der Waals surface area contributed by atoms with E-state index in [2.05, 4.69) is 0 Å². The summed E-state index contributed by atoms with van der Waals surface area (Å²) < 4.78 is 13.0. The van der Waals surface area contributed by atoms with Crippen molar-refractivity contribution in [1.82, 2.24) is 0 Å². The zero-order valence-electron chi connectivity index (χ0n) is 8.88. The SMILES string of the molecule is O=C(c1ccc(F)c(Cl)c1)c1c(Cl)cccc1Cl. The Morgan fingerprint density at radius 1 is 0.944 bits per heavy atom. The van der Waals surface area contributed by atoms with E-state index >= 15 is 0 Å². The molecule has 0 saturated heterocycles. The molecule has 0 saturated carbocycles. The largest absolute Gasteiger partial charge is 0.288 e. The molecular formula is C13H6Cl3FO. The quantitative estimate of drug-likeness (QED) is 0.712. The van der Waals surface area contributed by atoms with Crippen molar-refractivity contribution in [2.75, 3.05) is 0 Å². The molecule has 0 spiro atoms. The highest BCUT2D eigenvalue weighted by Crippen LogP contribution is 2.28. The first-order valence-electron chi connectivity index (χ1n) is 4.94. The predicted octanol–water partition coefficient (Wildman–Crippen LogP) is 5.02. The summed E-state index contributed by atoms with van der Waals surface area (Å²) in [5.74, 6) is -0.981. The molecule has 0 bridgehead atoms. The van der Waals surface area contributed by atoms with Crippen LogP contribution in [0.25, 0.3) is 0 Å². The van der Waals surface area contributed by atoms with E-state index in [4.69, 9.17) is 34.8 Å². The van der Waals surface area contributed by atoms with Gasteiger partial charge in [-0.1, -0.05) is 40.9 Å². The minimum absolute atomic E-state index is 0.121. The van der Waals surface area contributed by atoms with Crippen LogP contribution in [-0.2, 0) is 0 Å². The van der Waals surface area contributed by atoms with Crippen LogP contribution in [0.2, 0.25) is 15.1 Å². The summed E-state index contributed by atoms with van der Waals surface area (Å²) in [6.07, 6.45) is 0. The van der Waals surface area contributed by atoms with Gasteiger partial charge in [0.25, 0.3) is 0 Å². The van der Waals surface area contributed by atoms with Crippen molar-refractivity contribution in [3.8, 4) is 0 Å². The first kappa shape index (κ1) is 13.3. The fourth-order valence-corrected chi connectivity index (χ4v) is 2.25. The van der Waals surface area contributed by atoms with Crippen LogP contribution in [0, 0.1) is 5.82 Å².